The molecule has 0 saturated carbocycles. The van der Waals surface area contributed by atoms with Crippen LogP contribution in [-0.2, 0) is 4.74 Å². The third-order valence-electron chi connectivity index (χ3n) is 3.38. The van der Waals surface area contributed by atoms with E-state index >= 15 is 0 Å². The maximum absolute atomic E-state index is 12.6. The van der Waals surface area contributed by atoms with Crippen LogP contribution >= 0.6 is 11.3 Å². The maximum Gasteiger partial charge on any atom is 0.267 e. The fraction of sp³-hybridized carbons (Fsp3) is 0.714. The Morgan fingerprint density at radius 1 is 1.62 bits per heavy atom. The summed E-state index contributed by atoms with van der Waals surface area (Å²) in [4.78, 5) is 19.1. The van der Waals surface area contributed by atoms with E-state index in [1.165, 1.54) is 11.3 Å². The highest BCUT2D eigenvalue weighted by atomic mass is 32.1. The van der Waals surface area contributed by atoms with Gasteiger partial charge in [-0.1, -0.05) is 11.3 Å². The molecule has 1 aliphatic rings. The second-order valence-corrected chi connectivity index (χ2v) is 6.51. The second kappa shape index (κ2) is 7.09. The van der Waals surface area contributed by atoms with Crippen molar-refractivity contribution in [3.8, 4) is 0 Å². The topological polar surface area (TPSA) is 80.5 Å². The molecule has 7 heteroatoms. The molecule has 1 atom stereocenters. The largest absolute Gasteiger partial charge is 0.382 e. The number of nitrogens with one attached hydrogen (secondary N) is 1. The van der Waals surface area contributed by atoms with Crippen LogP contribution in [0, 0.1) is 0 Å². The van der Waals surface area contributed by atoms with Crippen molar-refractivity contribution in [1.29, 1.82) is 0 Å². The molecule has 1 fully saturated rings. The minimum atomic E-state index is -0.0557. The molecule has 21 heavy (non-hydrogen) atoms. The van der Waals surface area contributed by atoms with E-state index in [0.29, 0.717) is 28.9 Å². The molecule has 0 aliphatic carbocycles. The van der Waals surface area contributed by atoms with E-state index in [1.54, 1.807) is 4.90 Å². The third-order valence-corrected chi connectivity index (χ3v) is 4.37. The Kier molecular flexibility index (Phi) is 5.41. The van der Waals surface area contributed by atoms with E-state index in [2.05, 4.69) is 10.3 Å². The van der Waals surface area contributed by atoms with Crippen LogP contribution in [-0.4, -0.2) is 47.6 Å². The first-order chi connectivity index (χ1) is 10.0. The molecule has 0 spiro atoms. The molecule has 0 radical (unpaired) electrons. The molecule has 118 valence electrons. The summed E-state index contributed by atoms with van der Waals surface area (Å²) in [5.41, 5.74) is 5.90. The Morgan fingerprint density at radius 2 is 2.38 bits per heavy atom. The van der Waals surface area contributed by atoms with Gasteiger partial charge in [0, 0.05) is 25.7 Å². The van der Waals surface area contributed by atoms with Crippen molar-refractivity contribution in [3.63, 3.8) is 0 Å². The molecular weight excluding hydrogens is 288 g/mol. The van der Waals surface area contributed by atoms with E-state index in [1.807, 2.05) is 20.8 Å². The van der Waals surface area contributed by atoms with E-state index in [9.17, 15) is 4.79 Å². The van der Waals surface area contributed by atoms with Gasteiger partial charge in [0.25, 0.3) is 5.91 Å². The Hall–Kier alpha value is -1.34. The zero-order chi connectivity index (χ0) is 15.4. The maximum atomic E-state index is 12.6. The molecule has 3 N–H and O–H groups in total. The quantitative estimate of drug-likeness (QED) is 0.841. The van der Waals surface area contributed by atoms with Crippen LogP contribution in [0.3, 0.4) is 0 Å². The third kappa shape index (κ3) is 4.07. The first-order valence-electron chi connectivity index (χ1n) is 7.45. The van der Waals surface area contributed by atoms with E-state index < -0.39 is 0 Å². The van der Waals surface area contributed by atoms with Gasteiger partial charge in [-0.3, -0.25) is 4.79 Å². The highest BCUT2D eigenvalue weighted by Crippen LogP contribution is 2.27. The number of nitrogen functional groups attached to an aromatic ring is 1. The Bertz CT molecular complexity index is 483. The number of ether oxygens (including phenoxy) is 1. The number of hydrogen-bond donors (Lipinski definition) is 2. The molecule has 1 aromatic heterocycles. The van der Waals surface area contributed by atoms with Crippen molar-refractivity contribution >= 4 is 28.2 Å². The smallest absolute Gasteiger partial charge is 0.267 e. The summed E-state index contributed by atoms with van der Waals surface area (Å²) in [6.07, 6.45) is 2.24. The van der Waals surface area contributed by atoms with Crippen LogP contribution in [0.25, 0.3) is 0 Å². The summed E-state index contributed by atoms with van der Waals surface area (Å²) >= 11 is 1.32. The standard InChI is InChI=1S/C14H24N4O2S/c1-4-18(8-10-6-5-7-20-10)13(19)11-12(15)17-14(21-11)16-9(2)3/h9-10H,4-8,15H2,1-3H3,(H,16,17). The number of hydrogen-bond acceptors (Lipinski definition) is 6. The van der Waals surface area contributed by atoms with Crippen molar-refractivity contribution < 1.29 is 9.53 Å². The number of nitrogens with zero attached hydrogens (tertiary/aromatic N) is 2. The van der Waals surface area contributed by atoms with E-state index in [4.69, 9.17) is 10.5 Å². The van der Waals surface area contributed by atoms with Gasteiger partial charge in [0.1, 0.15) is 10.7 Å². The van der Waals surface area contributed by atoms with E-state index in [-0.39, 0.29) is 18.1 Å². The number of nitrogens with two attached hydrogens (primary N) is 1. The van der Waals surface area contributed by atoms with Gasteiger partial charge in [-0.2, -0.15) is 0 Å². The predicted molar refractivity (Wildman–Crippen MR) is 85.8 cm³/mol. The van der Waals surface area contributed by atoms with Crippen LogP contribution in [0.1, 0.15) is 43.3 Å². The summed E-state index contributed by atoms with van der Waals surface area (Å²) in [6, 6.07) is 0.257. The first kappa shape index (κ1) is 16.0. The lowest BCUT2D eigenvalue weighted by molar-refractivity contribution is 0.0543. The Labute approximate surface area is 129 Å². The first-order valence-corrected chi connectivity index (χ1v) is 8.26. The van der Waals surface area contributed by atoms with Crippen LogP contribution in [0.5, 0.6) is 0 Å². The second-order valence-electron chi connectivity index (χ2n) is 5.51. The molecule has 0 aromatic carbocycles. The normalized spacial score (nSPS) is 18.2. The lowest BCUT2D eigenvalue weighted by Crippen LogP contribution is -2.37. The summed E-state index contributed by atoms with van der Waals surface area (Å²) in [7, 11) is 0. The van der Waals surface area contributed by atoms with Crippen molar-refractivity contribution in [3.05, 3.63) is 4.88 Å². The lowest BCUT2D eigenvalue weighted by atomic mass is 10.2. The molecule has 2 rings (SSSR count). The SMILES string of the molecule is CCN(CC1CCCO1)C(=O)c1sc(NC(C)C)nc1N. The minimum Gasteiger partial charge on any atom is -0.382 e. The van der Waals surface area contributed by atoms with Crippen molar-refractivity contribution in [2.75, 3.05) is 30.7 Å². The van der Waals surface area contributed by atoms with Gasteiger partial charge in [-0.15, -0.1) is 0 Å². The number of carbonyl (C=O) groups excluding carboxylic acids is 1. The van der Waals surface area contributed by atoms with Gasteiger partial charge >= 0.3 is 0 Å². The van der Waals surface area contributed by atoms with Crippen molar-refractivity contribution in [1.82, 2.24) is 9.88 Å². The van der Waals surface area contributed by atoms with Gasteiger partial charge < -0.3 is 20.7 Å². The van der Waals surface area contributed by atoms with Crippen LogP contribution < -0.4 is 11.1 Å². The fourth-order valence-corrected chi connectivity index (χ4v) is 3.33. The number of amides is 1. The average Bonchev–Trinajstić information content (AvgIpc) is 3.04. The monoisotopic (exact) mass is 312 g/mol. The van der Waals surface area contributed by atoms with Gasteiger partial charge in [-0.05, 0) is 33.6 Å². The Morgan fingerprint density at radius 3 is 2.95 bits per heavy atom. The molecule has 1 saturated heterocycles. The highest BCUT2D eigenvalue weighted by Gasteiger charge is 2.25. The fourth-order valence-electron chi connectivity index (χ4n) is 2.33. The summed E-state index contributed by atoms with van der Waals surface area (Å²) in [6.45, 7) is 8.07. The molecular formula is C14H24N4O2S. The van der Waals surface area contributed by atoms with E-state index in [0.717, 1.165) is 19.4 Å². The molecule has 6 nitrogen and oxygen atoms in total. The van der Waals surface area contributed by atoms with Crippen LogP contribution in [0.4, 0.5) is 10.9 Å². The number of anilines is 2. The molecule has 1 aliphatic heterocycles. The van der Waals surface area contributed by atoms with Crippen LogP contribution in [0.2, 0.25) is 0 Å². The number of likely N-dealkylation sites (N-methyl/N-ethyl adjacent to an activating group) is 1. The van der Waals surface area contributed by atoms with Crippen molar-refractivity contribution in [2.45, 2.75) is 45.8 Å². The molecule has 1 aromatic rings. The number of rotatable bonds is 6. The summed E-state index contributed by atoms with van der Waals surface area (Å²) in [5.74, 6) is 0.249. The highest BCUT2D eigenvalue weighted by molar-refractivity contribution is 7.18. The van der Waals surface area contributed by atoms with Gasteiger partial charge in [0.15, 0.2) is 5.13 Å². The minimum absolute atomic E-state index is 0.0557. The van der Waals surface area contributed by atoms with Crippen LogP contribution in [0.15, 0.2) is 0 Å². The molecule has 1 amide bonds. The van der Waals surface area contributed by atoms with Gasteiger partial charge in [-0.25, -0.2) is 4.98 Å². The van der Waals surface area contributed by atoms with Crippen molar-refractivity contribution in [2.24, 2.45) is 0 Å². The summed E-state index contributed by atoms with van der Waals surface area (Å²) < 4.78 is 5.61. The lowest BCUT2D eigenvalue weighted by Gasteiger charge is -2.23. The average molecular weight is 312 g/mol. The number of carbonyl (C=O) groups is 1. The predicted octanol–water partition coefficient (Wildman–Crippen LogP) is 2.19. The molecule has 1 unspecified atom stereocenters. The number of thiazole rings is 1. The Balaban J connectivity index is 2.07. The summed E-state index contributed by atoms with van der Waals surface area (Å²) in [5, 5.41) is 3.88. The zero-order valence-electron chi connectivity index (χ0n) is 12.9. The molecule has 2 heterocycles. The van der Waals surface area contributed by atoms with Gasteiger partial charge in [0.2, 0.25) is 0 Å². The zero-order valence-corrected chi connectivity index (χ0v) is 13.7. The number of aromatic nitrogens is 1. The van der Waals surface area contributed by atoms with Gasteiger partial charge in [0.05, 0.1) is 6.10 Å². The molecule has 0 bridgehead atoms.